The summed E-state index contributed by atoms with van der Waals surface area (Å²) in [6.07, 6.45) is 7.24. The van der Waals surface area contributed by atoms with Crippen LogP contribution in [0.3, 0.4) is 0 Å². The van der Waals surface area contributed by atoms with Gasteiger partial charge in [-0.05, 0) is 43.5 Å². The molecule has 1 aliphatic carbocycles. The van der Waals surface area contributed by atoms with Gasteiger partial charge in [0, 0.05) is 27.7 Å². The number of nitrogens with zero attached hydrogens (tertiary/aromatic N) is 3. The van der Waals surface area contributed by atoms with Gasteiger partial charge in [-0.2, -0.15) is 0 Å². The highest BCUT2D eigenvalue weighted by atomic mass is 16.3. The molecule has 0 spiro atoms. The van der Waals surface area contributed by atoms with Crippen LogP contribution in [0.5, 0.6) is 0 Å². The van der Waals surface area contributed by atoms with E-state index in [4.69, 9.17) is 4.98 Å². The van der Waals surface area contributed by atoms with Crippen LogP contribution in [0, 0.1) is 0 Å². The van der Waals surface area contributed by atoms with Gasteiger partial charge in [0.2, 0.25) is 0 Å². The Labute approximate surface area is 187 Å². The molecule has 0 bridgehead atoms. The van der Waals surface area contributed by atoms with Crippen molar-refractivity contribution in [2.75, 3.05) is 0 Å². The smallest absolute Gasteiger partial charge is 0.113 e. The number of benzene rings is 3. The van der Waals surface area contributed by atoms with Crippen LogP contribution < -0.4 is 0 Å². The Morgan fingerprint density at radius 1 is 0.781 bits per heavy atom. The van der Waals surface area contributed by atoms with Gasteiger partial charge in [-0.25, -0.2) is 4.98 Å². The number of aliphatic hydroxyl groups is 1. The summed E-state index contributed by atoms with van der Waals surface area (Å²) in [6.45, 7) is 1.08. The highest BCUT2D eigenvalue weighted by Crippen LogP contribution is 2.32. The monoisotopic (exact) mass is 421 g/mol. The van der Waals surface area contributed by atoms with E-state index in [9.17, 15) is 5.11 Å². The zero-order valence-electron chi connectivity index (χ0n) is 18.1. The van der Waals surface area contributed by atoms with Crippen molar-refractivity contribution in [3.05, 3.63) is 90.8 Å². The standard InChI is InChI=1S/C28H27N3O/c32-21(18-30-25-15-7-4-12-22(25)23-13-5-8-16-26(23)30)19-31-27-17-9-6-14-24(27)29-28(31)20-10-2-1-3-11-20/h1-2,4-9,12-17,20-21,32H,3,10-11,18-19H2/t20-,21-/m0/s1. The number of hydrogen-bond acceptors (Lipinski definition) is 2. The SMILES string of the molecule is O[C@H](Cn1c([C@H]2CC=CCC2)nc2ccccc21)Cn1c2ccccc2c2ccccc21. The second-order valence-corrected chi connectivity index (χ2v) is 8.85. The van der Waals surface area contributed by atoms with E-state index in [1.165, 1.54) is 21.8 Å². The largest absolute Gasteiger partial charge is 0.389 e. The number of allylic oxidation sites excluding steroid dienone is 2. The Kier molecular flexibility index (Phi) is 4.80. The van der Waals surface area contributed by atoms with Gasteiger partial charge in [-0.15, -0.1) is 0 Å². The van der Waals surface area contributed by atoms with Crippen LogP contribution in [-0.2, 0) is 13.1 Å². The third-order valence-corrected chi connectivity index (χ3v) is 6.78. The Hall–Kier alpha value is -3.37. The van der Waals surface area contributed by atoms with Gasteiger partial charge >= 0.3 is 0 Å². The number of imidazole rings is 1. The van der Waals surface area contributed by atoms with Gasteiger partial charge in [0.15, 0.2) is 0 Å². The van der Waals surface area contributed by atoms with Crippen molar-refractivity contribution in [3.63, 3.8) is 0 Å². The molecule has 160 valence electrons. The number of aliphatic hydroxyl groups excluding tert-OH is 1. The highest BCUT2D eigenvalue weighted by Gasteiger charge is 2.22. The number of aromatic nitrogens is 3. The average molecular weight is 422 g/mol. The van der Waals surface area contributed by atoms with Crippen molar-refractivity contribution >= 4 is 32.8 Å². The molecular weight excluding hydrogens is 394 g/mol. The van der Waals surface area contributed by atoms with Gasteiger partial charge in [0.1, 0.15) is 5.82 Å². The van der Waals surface area contributed by atoms with Gasteiger partial charge in [-0.1, -0.05) is 60.7 Å². The predicted octanol–water partition coefficient (Wildman–Crippen LogP) is 6.03. The van der Waals surface area contributed by atoms with Crippen molar-refractivity contribution in [3.8, 4) is 0 Å². The molecule has 4 nitrogen and oxygen atoms in total. The maximum absolute atomic E-state index is 11.3. The topological polar surface area (TPSA) is 43.0 Å². The van der Waals surface area contributed by atoms with Crippen LogP contribution in [-0.4, -0.2) is 25.3 Å². The fourth-order valence-electron chi connectivity index (χ4n) is 5.31. The first-order valence-corrected chi connectivity index (χ1v) is 11.5. The summed E-state index contributed by atoms with van der Waals surface area (Å²) in [4.78, 5) is 5.00. The van der Waals surface area contributed by atoms with Crippen LogP contribution in [0.25, 0.3) is 32.8 Å². The minimum Gasteiger partial charge on any atom is -0.389 e. The average Bonchev–Trinajstić information content (AvgIpc) is 3.36. The number of rotatable bonds is 5. The van der Waals surface area contributed by atoms with Crippen molar-refractivity contribution in [1.82, 2.24) is 14.1 Å². The minimum atomic E-state index is -0.523. The summed E-state index contributed by atoms with van der Waals surface area (Å²) < 4.78 is 4.52. The van der Waals surface area contributed by atoms with E-state index in [1.807, 2.05) is 6.07 Å². The van der Waals surface area contributed by atoms with E-state index < -0.39 is 6.10 Å². The van der Waals surface area contributed by atoms with Gasteiger partial charge in [-0.3, -0.25) is 0 Å². The first-order chi connectivity index (χ1) is 15.8. The molecule has 5 aromatic rings. The summed E-state index contributed by atoms with van der Waals surface area (Å²) in [5, 5.41) is 13.8. The summed E-state index contributed by atoms with van der Waals surface area (Å²) in [6, 6.07) is 25.2. The molecule has 4 heteroatoms. The van der Waals surface area contributed by atoms with E-state index in [1.54, 1.807) is 0 Å². The second-order valence-electron chi connectivity index (χ2n) is 8.85. The van der Waals surface area contributed by atoms with Crippen molar-refractivity contribution in [2.45, 2.75) is 44.4 Å². The summed E-state index contributed by atoms with van der Waals surface area (Å²) >= 11 is 0. The fourth-order valence-corrected chi connectivity index (χ4v) is 5.31. The Morgan fingerprint density at radius 2 is 1.41 bits per heavy atom. The quantitative estimate of drug-likeness (QED) is 0.352. The molecule has 0 unspecified atom stereocenters. The Morgan fingerprint density at radius 3 is 2.09 bits per heavy atom. The molecule has 0 amide bonds. The normalized spacial score (nSPS) is 17.5. The fraction of sp³-hybridized carbons (Fsp3) is 0.250. The van der Waals surface area contributed by atoms with Gasteiger partial charge in [0.05, 0.1) is 30.2 Å². The van der Waals surface area contributed by atoms with E-state index in [-0.39, 0.29) is 0 Å². The molecule has 1 aliphatic rings. The van der Waals surface area contributed by atoms with Crippen molar-refractivity contribution < 1.29 is 5.11 Å². The summed E-state index contributed by atoms with van der Waals surface area (Å²) in [5.41, 5.74) is 4.46. The molecule has 0 aliphatic heterocycles. The van der Waals surface area contributed by atoms with Crippen molar-refractivity contribution in [1.29, 1.82) is 0 Å². The molecule has 0 saturated heterocycles. The lowest BCUT2D eigenvalue weighted by molar-refractivity contribution is 0.137. The molecule has 0 saturated carbocycles. The lowest BCUT2D eigenvalue weighted by Crippen LogP contribution is -2.24. The lowest BCUT2D eigenvalue weighted by atomic mass is 9.93. The summed E-state index contributed by atoms with van der Waals surface area (Å²) in [7, 11) is 0. The molecule has 1 N–H and O–H groups in total. The molecule has 0 radical (unpaired) electrons. The van der Waals surface area contributed by atoms with Gasteiger partial charge < -0.3 is 14.2 Å². The molecule has 32 heavy (non-hydrogen) atoms. The summed E-state index contributed by atoms with van der Waals surface area (Å²) in [5.74, 6) is 1.52. The zero-order valence-corrected chi connectivity index (χ0v) is 18.1. The van der Waals surface area contributed by atoms with E-state index in [2.05, 4.69) is 88.0 Å². The van der Waals surface area contributed by atoms with E-state index in [0.29, 0.717) is 19.0 Å². The molecule has 6 rings (SSSR count). The number of hydrogen-bond donors (Lipinski definition) is 1. The van der Waals surface area contributed by atoms with Crippen LogP contribution in [0.15, 0.2) is 84.9 Å². The third-order valence-electron chi connectivity index (χ3n) is 6.78. The molecule has 2 atom stereocenters. The van der Waals surface area contributed by atoms with Crippen LogP contribution >= 0.6 is 0 Å². The molecule has 2 aromatic heterocycles. The predicted molar refractivity (Wildman–Crippen MR) is 131 cm³/mol. The lowest BCUT2D eigenvalue weighted by Gasteiger charge is -2.21. The first kappa shape index (κ1) is 19.3. The molecule has 3 aromatic carbocycles. The maximum Gasteiger partial charge on any atom is 0.113 e. The van der Waals surface area contributed by atoms with Crippen LogP contribution in [0.1, 0.15) is 31.0 Å². The third kappa shape index (κ3) is 3.23. The van der Waals surface area contributed by atoms with E-state index in [0.717, 1.165) is 36.1 Å². The van der Waals surface area contributed by atoms with E-state index >= 15 is 0 Å². The van der Waals surface area contributed by atoms with Crippen LogP contribution in [0.4, 0.5) is 0 Å². The highest BCUT2D eigenvalue weighted by molar-refractivity contribution is 6.07. The zero-order chi connectivity index (χ0) is 21.5. The molecular formula is C28H27N3O. The minimum absolute atomic E-state index is 0.410. The Bertz CT molecular complexity index is 1390. The van der Waals surface area contributed by atoms with Crippen molar-refractivity contribution in [2.24, 2.45) is 0 Å². The number of fused-ring (bicyclic) bond motifs is 4. The molecule has 2 heterocycles. The Balaban J connectivity index is 1.38. The second kappa shape index (κ2) is 7.95. The van der Waals surface area contributed by atoms with Gasteiger partial charge in [0.25, 0.3) is 0 Å². The van der Waals surface area contributed by atoms with Crippen LogP contribution in [0.2, 0.25) is 0 Å². The maximum atomic E-state index is 11.3. The molecule has 0 fully saturated rings. The number of para-hydroxylation sites is 4. The first-order valence-electron chi connectivity index (χ1n) is 11.5.